The number of halogens is 3. The third-order valence-corrected chi connectivity index (χ3v) is 6.22. The van der Waals surface area contributed by atoms with E-state index in [0.717, 1.165) is 25.5 Å². The molecule has 0 aliphatic carbocycles. The number of amides is 1. The smallest absolute Gasteiger partial charge is 0.331 e. The van der Waals surface area contributed by atoms with Gasteiger partial charge in [-0.3, -0.25) is 9.78 Å². The van der Waals surface area contributed by atoms with Crippen molar-refractivity contribution in [3.63, 3.8) is 0 Å². The van der Waals surface area contributed by atoms with E-state index in [-0.39, 0.29) is 23.9 Å². The van der Waals surface area contributed by atoms with Crippen LogP contribution in [0, 0.1) is 12.8 Å². The molecule has 5 heterocycles. The Morgan fingerprint density at radius 1 is 1.12 bits per heavy atom. The van der Waals surface area contributed by atoms with Crippen LogP contribution < -0.4 is 0 Å². The van der Waals surface area contributed by atoms with E-state index in [1.807, 2.05) is 11.8 Å². The molecule has 11 heteroatoms. The minimum Gasteiger partial charge on any atom is -0.331 e. The van der Waals surface area contributed by atoms with Gasteiger partial charge in [0, 0.05) is 24.0 Å². The van der Waals surface area contributed by atoms with Crippen molar-refractivity contribution in [3.8, 4) is 5.69 Å². The van der Waals surface area contributed by atoms with Gasteiger partial charge in [0.15, 0.2) is 11.4 Å². The summed E-state index contributed by atoms with van der Waals surface area (Å²) < 4.78 is 38.2. The summed E-state index contributed by atoms with van der Waals surface area (Å²) in [4.78, 5) is 28.8. The average Bonchev–Trinajstić information content (AvgIpc) is 3.49. The molecular weight excluding hydrogens is 423 g/mol. The predicted octanol–water partition coefficient (Wildman–Crippen LogP) is 3.02. The summed E-state index contributed by atoms with van der Waals surface area (Å²) in [6, 6.07) is 3.64. The molecule has 2 bridgehead atoms. The van der Waals surface area contributed by atoms with Crippen molar-refractivity contribution in [2.75, 3.05) is 0 Å². The quantitative estimate of drug-likeness (QED) is 0.616. The monoisotopic (exact) mass is 443 g/mol. The van der Waals surface area contributed by atoms with E-state index in [0.29, 0.717) is 29.2 Å². The first-order valence-electron chi connectivity index (χ1n) is 10.4. The number of aromatic nitrogens is 6. The van der Waals surface area contributed by atoms with Crippen molar-refractivity contribution in [2.45, 2.75) is 50.9 Å². The molecular formula is C21H20F3N7O. The lowest BCUT2D eigenvalue weighted by atomic mass is 9.86. The first-order chi connectivity index (χ1) is 15.3. The number of rotatable bonds is 4. The molecule has 8 nitrogen and oxygen atoms in total. The molecule has 2 aliphatic heterocycles. The first-order valence-corrected chi connectivity index (χ1v) is 10.4. The van der Waals surface area contributed by atoms with Gasteiger partial charge in [0.25, 0.3) is 5.91 Å². The summed E-state index contributed by atoms with van der Waals surface area (Å²) in [5, 5.41) is 8.27. The van der Waals surface area contributed by atoms with E-state index >= 15 is 0 Å². The Balaban J connectivity index is 1.38. The third-order valence-electron chi connectivity index (χ3n) is 6.22. The molecule has 2 fully saturated rings. The van der Waals surface area contributed by atoms with Crippen LogP contribution in [0.5, 0.6) is 0 Å². The molecule has 0 spiro atoms. The summed E-state index contributed by atoms with van der Waals surface area (Å²) in [6.45, 7) is 1.82. The number of hydrogen-bond donors (Lipinski definition) is 0. The van der Waals surface area contributed by atoms with Crippen LogP contribution in [0.1, 0.15) is 46.8 Å². The van der Waals surface area contributed by atoms with Gasteiger partial charge in [-0.25, -0.2) is 9.97 Å². The number of aryl methyl sites for hydroxylation is 1. The van der Waals surface area contributed by atoms with Crippen LogP contribution in [0.25, 0.3) is 5.69 Å². The average molecular weight is 443 g/mol. The van der Waals surface area contributed by atoms with Crippen molar-refractivity contribution in [1.82, 2.24) is 34.8 Å². The second-order valence-corrected chi connectivity index (χ2v) is 8.24. The zero-order valence-corrected chi connectivity index (χ0v) is 17.2. The van der Waals surface area contributed by atoms with Crippen molar-refractivity contribution in [1.29, 1.82) is 0 Å². The lowest BCUT2D eigenvalue weighted by Crippen LogP contribution is -2.38. The number of fused-ring (bicyclic) bond motifs is 2. The predicted molar refractivity (Wildman–Crippen MR) is 106 cm³/mol. The minimum absolute atomic E-state index is 0.0164. The SMILES string of the molecule is Cc1ccc(-n2nccn2)c(C(=O)N2C3CCC2C(Cc2cnc(C(F)(F)F)cn2)C3)n1. The molecule has 3 atom stereocenters. The topological polar surface area (TPSA) is 89.7 Å². The Morgan fingerprint density at radius 2 is 1.91 bits per heavy atom. The molecule has 0 aromatic carbocycles. The molecule has 1 amide bonds. The summed E-state index contributed by atoms with van der Waals surface area (Å²) in [6.07, 6.45) is 3.51. The highest BCUT2D eigenvalue weighted by Crippen LogP contribution is 2.44. The van der Waals surface area contributed by atoms with Crippen molar-refractivity contribution in [2.24, 2.45) is 5.92 Å². The number of carbonyl (C=O) groups excluding carboxylic acids is 1. The molecule has 0 N–H and O–H groups in total. The maximum absolute atomic E-state index is 13.6. The highest BCUT2D eigenvalue weighted by Gasteiger charge is 2.49. The van der Waals surface area contributed by atoms with E-state index in [1.54, 1.807) is 12.1 Å². The molecule has 2 aliphatic rings. The van der Waals surface area contributed by atoms with Gasteiger partial charge >= 0.3 is 6.18 Å². The standard InChI is InChI=1S/C21H20F3N7O/c1-12-2-4-17(31-27-6-7-28-31)19(29-12)20(32)30-15-3-5-16(30)13(9-15)8-14-10-26-18(11-25-14)21(22,23)24/h2,4,6-7,10-11,13,15-16H,3,5,8-9H2,1H3. The molecule has 3 aromatic heterocycles. The molecule has 0 saturated carbocycles. The zero-order valence-electron chi connectivity index (χ0n) is 17.2. The second kappa shape index (κ2) is 7.64. The Kier molecular flexibility index (Phi) is 4.90. The van der Waals surface area contributed by atoms with Gasteiger partial charge in [-0.15, -0.1) is 4.80 Å². The minimum atomic E-state index is -4.51. The fraction of sp³-hybridized carbons (Fsp3) is 0.429. The van der Waals surface area contributed by atoms with Crippen LogP contribution in [0.2, 0.25) is 0 Å². The molecule has 2 saturated heterocycles. The Bertz CT molecular complexity index is 1130. The van der Waals surface area contributed by atoms with Gasteiger partial charge in [0.1, 0.15) is 5.69 Å². The summed E-state index contributed by atoms with van der Waals surface area (Å²) in [5.41, 5.74) is 1.02. The lowest BCUT2D eigenvalue weighted by Gasteiger charge is -2.25. The highest BCUT2D eigenvalue weighted by atomic mass is 19.4. The van der Waals surface area contributed by atoms with Gasteiger partial charge in [-0.1, -0.05) is 0 Å². The van der Waals surface area contributed by atoms with E-state index < -0.39 is 11.9 Å². The van der Waals surface area contributed by atoms with Crippen LogP contribution >= 0.6 is 0 Å². The third kappa shape index (κ3) is 3.61. The van der Waals surface area contributed by atoms with Crippen LogP contribution in [-0.2, 0) is 12.6 Å². The van der Waals surface area contributed by atoms with Gasteiger partial charge in [-0.05, 0) is 50.7 Å². The van der Waals surface area contributed by atoms with Crippen LogP contribution in [-0.4, -0.2) is 52.8 Å². The maximum atomic E-state index is 13.6. The van der Waals surface area contributed by atoms with Gasteiger partial charge in [0.05, 0.1) is 24.3 Å². The van der Waals surface area contributed by atoms with Crippen LogP contribution in [0.4, 0.5) is 13.2 Å². The Labute approximate surface area is 181 Å². The molecule has 0 radical (unpaired) electrons. The summed E-state index contributed by atoms with van der Waals surface area (Å²) in [5.74, 6) is -0.0608. The van der Waals surface area contributed by atoms with E-state index in [1.165, 1.54) is 23.4 Å². The van der Waals surface area contributed by atoms with E-state index in [9.17, 15) is 18.0 Å². The number of alkyl halides is 3. The van der Waals surface area contributed by atoms with Crippen LogP contribution in [0.15, 0.2) is 36.9 Å². The van der Waals surface area contributed by atoms with Crippen molar-refractivity contribution < 1.29 is 18.0 Å². The maximum Gasteiger partial charge on any atom is 0.434 e. The summed E-state index contributed by atoms with van der Waals surface area (Å²) >= 11 is 0. The molecule has 5 rings (SSSR count). The lowest BCUT2D eigenvalue weighted by molar-refractivity contribution is -0.141. The number of nitrogens with zero attached hydrogens (tertiary/aromatic N) is 7. The van der Waals surface area contributed by atoms with E-state index in [2.05, 4.69) is 25.1 Å². The van der Waals surface area contributed by atoms with Gasteiger partial charge in [-0.2, -0.15) is 23.4 Å². The van der Waals surface area contributed by atoms with Crippen molar-refractivity contribution in [3.05, 3.63) is 59.7 Å². The first kappa shape index (κ1) is 20.5. The molecule has 3 unspecified atom stereocenters. The second-order valence-electron chi connectivity index (χ2n) is 8.24. The fourth-order valence-corrected chi connectivity index (χ4v) is 4.85. The number of carbonyl (C=O) groups is 1. The molecule has 166 valence electrons. The summed E-state index contributed by atoms with van der Waals surface area (Å²) in [7, 11) is 0. The molecule has 3 aromatic rings. The van der Waals surface area contributed by atoms with Gasteiger partial charge in [0.2, 0.25) is 0 Å². The van der Waals surface area contributed by atoms with Gasteiger partial charge < -0.3 is 4.90 Å². The zero-order chi connectivity index (χ0) is 22.5. The number of hydrogen-bond acceptors (Lipinski definition) is 6. The molecule has 32 heavy (non-hydrogen) atoms. The fourth-order valence-electron chi connectivity index (χ4n) is 4.85. The highest BCUT2D eigenvalue weighted by molar-refractivity contribution is 5.96. The van der Waals surface area contributed by atoms with E-state index in [4.69, 9.17) is 0 Å². The largest absolute Gasteiger partial charge is 0.434 e. The Morgan fingerprint density at radius 3 is 2.59 bits per heavy atom. The number of pyridine rings is 1. The van der Waals surface area contributed by atoms with Crippen molar-refractivity contribution >= 4 is 5.91 Å². The Hall–Kier alpha value is -3.37. The normalized spacial score (nSPS) is 22.5. The van der Waals surface area contributed by atoms with Crippen LogP contribution in [0.3, 0.4) is 0 Å².